The van der Waals surface area contributed by atoms with Crippen LogP contribution in [0.15, 0.2) is 70.0 Å². The third-order valence-corrected chi connectivity index (χ3v) is 5.51. The molecule has 0 radical (unpaired) electrons. The molecule has 0 aliphatic carbocycles. The van der Waals surface area contributed by atoms with E-state index in [0.717, 1.165) is 6.07 Å². The lowest BCUT2D eigenvalue weighted by Gasteiger charge is -2.22. The number of nitrogens with zero attached hydrogens (tertiary/aromatic N) is 2. The second kappa shape index (κ2) is 9.01. The number of carbonyl (C=O) groups is 1. The number of nitrogens with one attached hydrogen (secondary N) is 1. The number of aliphatic hydroxyl groups is 1. The molecule has 2 heterocycles. The van der Waals surface area contributed by atoms with Crippen molar-refractivity contribution in [2.75, 3.05) is 0 Å². The number of fused-ring (bicyclic) bond motifs is 1. The number of hydrogen-bond acceptors (Lipinski definition) is 8. The number of carbonyl (C=O) groups excluding carboxylic acids is 1. The number of aromatic hydroxyl groups is 1. The van der Waals surface area contributed by atoms with Crippen molar-refractivity contribution in [1.29, 1.82) is 5.26 Å². The predicted octanol–water partition coefficient (Wildman–Crippen LogP) is 3.38. The summed E-state index contributed by atoms with van der Waals surface area (Å²) in [5, 5.41) is 41.7. The van der Waals surface area contributed by atoms with Crippen molar-refractivity contribution in [3.8, 4) is 11.8 Å². The van der Waals surface area contributed by atoms with E-state index in [1.165, 1.54) is 30.5 Å². The third-order valence-electron chi connectivity index (χ3n) is 5.51. The van der Waals surface area contributed by atoms with Crippen LogP contribution in [0.3, 0.4) is 0 Å². The Morgan fingerprint density at radius 1 is 1.21 bits per heavy atom. The molecule has 2 aromatic carbocycles. The number of benzene rings is 2. The fourth-order valence-corrected chi connectivity index (χ4v) is 3.87. The van der Waals surface area contributed by atoms with Crippen LogP contribution >= 0.6 is 0 Å². The van der Waals surface area contributed by atoms with E-state index < -0.39 is 46.1 Å². The summed E-state index contributed by atoms with van der Waals surface area (Å²) in [6, 6.07) is 14.8. The number of para-hydroxylation sites is 1. The van der Waals surface area contributed by atoms with Gasteiger partial charge in [-0.15, -0.1) is 0 Å². The van der Waals surface area contributed by atoms with Crippen LogP contribution in [-0.4, -0.2) is 25.9 Å². The number of aliphatic hydroxyl groups excluding tert-OH is 1. The van der Waals surface area contributed by atoms with Crippen molar-refractivity contribution in [3.63, 3.8) is 0 Å². The Hall–Kier alpha value is -4.75. The van der Waals surface area contributed by atoms with Gasteiger partial charge in [-0.2, -0.15) is 5.26 Å². The zero-order valence-corrected chi connectivity index (χ0v) is 17.5. The number of nitro groups is 1. The number of rotatable bonds is 7. The fourth-order valence-electron chi connectivity index (χ4n) is 3.87. The summed E-state index contributed by atoms with van der Waals surface area (Å²) in [5.74, 6) is -4.80. The van der Waals surface area contributed by atoms with Crippen LogP contribution in [0.5, 0.6) is 5.75 Å². The van der Waals surface area contributed by atoms with Gasteiger partial charge in [-0.3, -0.25) is 19.7 Å². The van der Waals surface area contributed by atoms with E-state index in [9.17, 15) is 35.2 Å². The first-order valence-electron chi connectivity index (χ1n) is 10.1. The van der Waals surface area contributed by atoms with Gasteiger partial charge in [0, 0.05) is 40.9 Å². The highest BCUT2D eigenvalue weighted by molar-refractivity contribution is 6.10. The quantitative estimate of drug-likeness (QED) is 0.214. The first kappa shape index (κ1) is 22.4. The monoisotopic (exact) mass is 459 g/mol. The minimum absolute atomic E-state index is 0.180. The first-order valence-corrected chi connectivity index (χ1v) is 10.1. The van der Waals surface area contributed by atoms with Crippen molar-refractivity contribution in [2.45, 2.75) is 12.5 Å². The van der Waals surface area contributed by atoms with Crippen LogP contribution in [0.4, 0.5) is 5.69 Å². The maximum Gasteiger partial charge on any atom is 0.269 e. The molecule has 0 fully saturated rings. The average Bonchev–Trinajstić information content (AvgIpc) is 3.28. The molecule has 0 saturated carbocycles. The van der Waals surface area contributed by atoms with E-state index in [-0.39, 0.29) is 22.6 Å². The normalized spacial score (nSPS) is 12.7. The average molecular weight is 459 g/mol. The van der Waals surface area contributed by atoms with Crippen LogP contribution in [0.25, 0.3) is 10.9 Å². The van der Waals surface area contributed by atoms with Crippen molar-refractivity contribution in [1.82, 2.24) is 4.98 Å². The van der Waals surface area contributed by atoms with E-state index in [0.29, 0.717) is 10.9 Å². The third kappa shape index (κ3) is 3.92. The number of aromatic nitrogens is 1. The minimum Gasteiger partial charge on any atom is -0.502 e. The zero-order chi connectivity index (χ0) is 24.4. The van der Waals surface area contributed by atoms with Gasteiger partial charge >= 0.3 is 0 Å². The van der Waals surface area contributed by atoms with Gasteiger partial charge in [0.05, 0.1) is 16.9 Å². The van der Waals surface area contributed by atoms with Gasteiger partial charge in [-0.05, 0) is 11.6 Å². The number of non-ortho nitro benzene ring substituents is 1. The number of H-pyrrole nitrogens is 1. The lowest BCUT2D eigenvalue weighted by Crippen LogP contribution is -2.24. The van der Waals surface area contributed by atoms with Crippen molar-refractivity contribution in [3.05, 3.63) is 104 Å². The van der Waals surface area contributed by atoms with Crippen LogP contribution in [0, 0.1) is 27.4 Å². The van der Waals surface area contributed by atoms with Gasteiger partial charge in [0.25, 0.3) is 5.69 Å². The number of nitro benzene ring substituents is 1. The summed E-state index contributed by atoms with van der Waals surface area (Å²) < 4.78 is 5.53. The van der Waals surface area contributed by atoms with Crippen LogP contribution < -0.4 is 5.43 Å². The van der Waals surface area contributed by atoms with Gasteiger partial charge in [0.1, 0.15) is 18.3 Å². The van der Waals surface area contributed by atoms with Gasteiger partial charge in [-0.1, -0.05) is 30.3 Å². The summed E-state index contributed by atoms with van der Waals surface area (Å²) in [6.07, 6.45) is 1.46. The molecule has 0 aliphatic heterocycles. The summed E-state index contributed by atoms with van der Waals surface area (Å²) in [5.41, 5.74) is 0.0152. The van der Waals surface area contributed by atoms with Gasteiger partial charge < -0.3 is 19.6 Å². The molecule has 0 saturated heterocycles. The molecule has 0 bridgehead atoms. The standard InChI is InChI=1S/C24H17N3O7/c25-10-17(22(30)18-11-26-19-4-2-1-3-16(18)19)21(13-5-7-14(8-6-13)27(32)33)24-23(31)20(29)9-15(12-28)34-24/h1-9,11,17,21,26,28,31H,12H2. The first-order chi connectivity index (χ1) is 16.3. The Bertz CT molecular complexity index is 1500. The van der Waals surface area contributed by atoms with Crippen molar-refractivity contribution < 1.29 is 24.3 Å². The van der Waals surface area contributed by atoms with E-state index in [2.05, 4.69) is 4.98 Å². The summed E-state index contributed by atoms with van der Waals surface area (Å²) in [4.78, 5) is 39.3. The summed E-state index contributed by atoms with van der Waals surface area (Å²) >= 11 is 0. The number of Topliss-reactive ketones (excluding diaryl/α,β-unsaturated/α-hetero) is 1. The molecule has 2 aromatic heterocycles. The van der Waals surface area contributed by atoms with Crippen molar-refractivity contribution >= 4 is 22.4 Å². The molecular weight excluding hydrogens is 442 g/mol. The maximum atomic E-state index is 13.6. The van der Waals surface area contributed by atoms with E-state index in [1.807, 2.05) is 6.07 Å². The molecule has 3 N–H and O–H groups in total. The smallest absolute Gasteiger partial charge is 0.269 e. The maximum absolute atomic E-state index is 13.6. The molecule has 0 amide bonds. The molecule has 10 heteroatoms. The summed E-state index contributed by atoms with van der Waals surface area (Å²) in [7, 11) is 0. The largest absolute Gasteiger partial charge is 0.502 e. The number of ketones is 1. The molecule has 0 aliphatic rings. The number of hydrogen-bond donors (Lipinski definition) is 3. The SMILES string of the molecule is N#CC(C(=O)c1c[nH]c2ccccc12)C(c1ccc([N+](=O)[O-])cc1)c1oc(CO)cc(=O)c1O. The van der Waals surface area contributed by atoms with E-state index in [4.69, 9.17) is 4.42 Å². The van der Waals surface area contributed by atoms with Crippen molar-refractivity contribution in [2.24, 2.45) is 5.92 Å². The molecule has 10 nitrogen and oxygen atoms in total. The zero-order valence-electron chi connectivity index (χ0n) is 17.5. The molecule has 0 spiro atoms. The molecule has 34 heavy (non-hydrogen) atoms. The molecule has 2 unspecified atom stereocenters. The number of nitriles is 1. The van der Waals surface area contributed by atoms with Crippen LogP contribution in [0.2, 0.25) is 0 Å². The molecule has 170 valence electrons. The Kier molecular flexibility index (Phi) is 5.95. The molecule has 4 rings (SSSR count). The Balaban J connectivity index is 1.92. The van der Waals surface area contributed by atoms with E-state index >= 15 is 0 Å². The molecule has 4 aromatic rings. The topological polar surface area (TPSA) is 170 Å². The second-order valence-corrected chi connectivity index (χ2v) is 7.49. The predicted molar refractivity (Wildman–Crippen MR) is 119 cm³/mol. The van der Waals surface area contributed by atoms with Gasteiger partial charge in [0.15, 0.2) is 11.5 Å². The lowest BCUT2D eigenvalue weighted by molar-refractivity contribution is -0.384. The Morgan fingerprint density at radius 3 is 2.56 bits per heavy atom. The van der Waals surface area contributed by atoms with Gasteiger partial charge in [0.2, 0.25) is 11.2 Å². The Labute approximate surface area is 191 Å². The molecule has 2 atom stereocenters. The van der Waals surface area contributed by atoms with E-state index in [1.54, 1.807) is 24.3 Å². The highest BCUT2D eigenvalue weighted by atomic mass is 16.6. The highest BCUT2D eigenvalue weighted by Gasteiger charge is 2.37. The number of aromatic amines is 1. The summed E-state index contributed by atoms with van der Waals surface area (Å²) in [6.45, 7) is -0.664. The fraction of sp³-hybridized carbons (Fsp3) is 0.125. The second-order valence-electron chi connectivity index (χ2n) is 7.49. The lowest BCUT2D eigenvalue weighted by atomic mass is 9.80. The minimum atomic E-state index is -1.48. The Morgan fingerprint density at radius 2 is 1.91 bits per heavy atom. The molecular formula is C24H17N3O7. The van der Waals surface area contributed by atoms with Crippen LogP contribution in [0.1, 0.15) is 33.4 Å². The van der Waals surface area contributed by atoms with Gasteiger partial charge in [-0.25, -0.2) is 0 Å². The van der Waals surface area contributed by atoms with Crippen LogP contribution in [-0.2, 0) is 6.61 Å². The highest BCUT2D eigenvalue weighted by Crippen LogP contribution is 2.39.